The van der Waals surface area contributed by atoms with Crippen molar-refractivity contribution >= 4 is 45.4 Å². The van der Waals surface area contributed by atoms with E-state index in [-0.39, 0.29) is 22.4 Å². The highest BCUT2D eigenvalue weighted by Gasteiger charge is 2.20. The van der Waals surface area contributed by atoms with E-state index in [0.29, 0.717) is 39.4 Å². The monoisotopic (exact) mass is 505 g/mol. The molecule has 2 aromatic heterocycles. The Morgan fingerprint density at radius 1 is 1.03 bits per heavy atom. The van der Waals surface area contributed by atoms with Gasteiger partial charge in [0.25, 0.3) is 5.56 Å². The van der Waals surface area contributed by atoms with Crippen molar-refractivity contribution < 1.29 is 18.3 Å². The number of pyridine rings is 1. The molecule has 0 fully saturated rings. The average molecular weight is 506 g/mol. The number of ketones is 1. The molecular weight excluding hydrogens is 488 g/mol. The minimum atomic E-state index is -1.03. The molecule has 0 atom stereocenters. The Balaban J connectivity index is 1.62. The van der Waals surface area contributed by atoms with E-state index >= 15 is 0 Å². The molecule has 0 bridgehead atoms. The molecule has 6 nitrogen and oxygen atoms in total. The lowest BCUT2D eigenvalue weighted by atomic mass is 9.94. The van der Waals surface area contributed by atoms with E-state index in [4.69, 9.17) is 16.3 Å². The van der Waals surface area contributed by atoms with Crippen molar-refractivity contribution in [3.8, 4) is 16.9 Å². The van der Waals surface area contributed by atoms with Gasteiger partial charge in [0.05, 0.1) is 23.2 Å². The predicted octanol–water partition coefficient (Wildman–Crippen LogP) is 6.30. The fourth-order valence-corrected chi connectivity index (χ4v) is 4.20. The second-order valence-electron chi connectivity index (χ2n) is 7.95. The van der Waals surface area contributed by atoms with Gasteiger partial charge in [0, 0.05) is 33.6 Å². The lowest BCUT2D eigenvalue weighted by Crippen LogP contribution is -2.18. The zero-order chi connectivity index (χ0) is 25.4. The van der Waals surface area contributed by atoms with E-state index in [9.17, 15) is 18.4 Å². The number of hydrogen-bond donors (Lipinski definition) is 2. The van der Waals surface area contributed by atoms with Gasteiger partial charge in [-0.1, -0.05) is 23.7 Å². The van der Waals surface area contributed by atoms with Gasteiger partial charge in [-0.15, -0.1) is 0 Å². The number of allylic oxidation sites excluding steroid dienone is 1. The van der Waals surface area contributed by atoms with E-state index in [1.165, 1.54) is 12.2 Å². The molecule has 0 radical (unpaired) electrons. The molecule has 5 aromatic rings. The summed E-state index contributed by atoms with van der Waals surface area (Å²) in [5, 5.41) is 1.04. The van der Waals surface area contributed by atoms with Crippen LogP contribution < -0.4 is 10.3 Å². The topological polar surface area (TPSA) is 87.8 Å². The third-order valence-electron chi connectivity index (χ3n) is 5.61. The van der Waals surface area contributed by atoms with Crippen LogP contribution in [0.4, 0.5) is 8.78 Å². The number of aromatic amines is 2. The second kappa shape index (κ2) is 9.39. The van der Waals surface area contributed by atoms with Crippen molar-refractivity contribution in [2.24, 2.45) is 0 Å². The van der Waals surface area contributed by atoms with Crippen LogP contribution in [0.5, 0.6) is 5.75 Å². The standard InChI is InChI=1S/C27H18ClF2N3O3/c1-2-36-16-6-3-14(4-7-16)25-17-11-15(28)5-8-20(17)33-27(35)26(25)23(34)9-10-24-31-21-12-18(29)19(30)13-22(21)32-24/h3-13H,2H2,1H3,(H,31,32)(H,33,35)/b10-9+. The first-order valence-electron chi connectivity index (χ1n) is 11.0. The third kappa shape index (κ3) is 4.38. The third-order valence-corrected chi connectivity index (χ3v) is 5.85. The van der Waals surface area contributed by atoms with Gasteiger partial charge in [-0.25, -0.2) is 13.8 Å². The Hall–Kier alpha value is -4.30. The molecule has 180 valence electrons. The molecule has 0 saturated heterocycles. The molecule has 0 aliphatic rings. The van der Waals surface area contributed by atoms with Gasteiger partial charge in [-0.05, 0) is 55.0 Å². The largest absolute Gasteiger partial charge is 0.494 e. The summed E-state index contributed by atoms with van der Waals surface area (Å²) in [6.45, 7) is 2.37. The van der Waals surface area contributed by atoms with Crippen LogP contribution >= 0.6 is 11.6 Å². The zero-order valence-corrected chi connectivity index (χ0v) is 19.6. The molecular formula is C27H18ClF2N3O3. The summed E-state index contributed by atoms with van der Waals surface area (Å²) in [7, 11) is 0. The van der Waals surface area contributed by atoms with Crippen molar-refractivity contribution in [3.05, 3.63) is 99.1 Å². The molecule has 36 heavy (non-hydrogen) atoms. The van der Waals surface area contributed by atoms with Gasteiger partial charge >= 0.3 is 0 Å². The summed E-state index contributed by atoms with van der Waals surface area (Å²) in [5.41, 5.74) is 1.39. The number of rotatable bonds is 6. The number of hydrogen-bond acceptors (Lipinski definition) is 4. The first-order valence-corrected chi connectivity index (χ1v) is 11.4. The molecule has 2 heterocycles. The molecule has 0 aliphatic heterocycles. The van der Waals surface area contributed by atoms with Crippen LogP contribution in [0.1, 0.15) is 23.1 Å². The number of fused-ring (bicyclic) bond motifs is 2. The first kappa shape index (κ1) is 23.4. The molecule has 3 aromatic carbocycles. The minimum absolute atomic E-state index is 0.0848. The van der Waals surface area contributed by atoms with Gasteiger partial charge in [-0.3, -0.25) is 9.59 Å². The van der Waals surface area contributed by atoms with Crippen molar-refractivity contribution in [1.82, 2.24) is 15.0 Å². The van der Waals surface area contributed by atoms with Gasteiger partial charge in [0.1, 0.15) is 11.6 Å². The number of ether oxygens (including phenoxy) is 1. The molecule has 9 heteroatoms. The smallest absolute Gasteiger partial charge is 0.260 e. The predicted molar refractivity (Wildman–Crippen MR) is 136 cm³/mol. The number of imidazole rings is 1. The molecule has 0 spiro atoms. The lowest BCUT2D eigenvalue weighted by molar-refractivity contribution is 0.104. The van der Waals surface area contributed by atoms with Gasteiger partial charge in [0.2, 0.25) is 0 Å². The van der Waals surface area contributed by atoms with Crippen molar-refractivity contribution in [2.75, 3.05) is 6.61 Å². The molecule has 5 rings (SSSR count). The molecule has 0 unspecified atom stereocenters. The summed E-state index contributed by atoms with van der Waals surface area (Å²) in [6.07, 6.45) is 2.53. The molecule has 0 amide bonds. The van der Waals surface area contributed by atoms with Crippen LogP contribution in [0.3, 0.4) is 0 Å². The first-order chi connectivity index (χ1) is 17.3. The Bertz CT molecular complexity index is 1680. The normalized spacial score (nSPS) is 11.6. The van der Waals surface area contributed by atoms with Crippen LogP contribution in [-0.4, -0.2) is 27.3 Å². The van der Waals surface area contributed by atoms with Gasteiger partial charge in [0.15, 0.2) is 17.4 Å². The SMILES string of the molecule is CCOc1ccc(-c2c(C(=O)/C=C/c3nc4cc(F)c(F)cc4[nH]3)c(=O)[nH]c3ccc(Cl)cc23)cc1. The number of nitrogens with one attached hydrogen (secondary N) is 2. The average Bonchev–Trinajstić information content (AvgIpc) is 3.24. The molecule has 2 N–H and O–H groups in total. The Morgan fingerprint density at radius 2 is 1.78 bits per heavy atom. The lowest BCUT2D eigenvalue weighted by Gasteiger charge is -2.12. The van der Waals surface area contributed by atoms with E-state index in [1.54, 1.807) is 42.5 Å². The van der Waals surface area contributed by atoms with E-state index in [2.05, 4.69) is 15.0 Å². The van der Waals surface area contributed by atoms with Gasteiger partial charge < -0.3 is 14.7 Å². The molecule has 0 saturated carbocycles. The van der Waals surface area contributed by atoms with E-state index in [1.807, 2.05) is 6.92 Å². The van der Waals surface area contributed by atoms with Crippen LogP contribution in [0.15, 0.2) is 65.5 Å². The van der Waals surface area contributed by atoms with Crippen LogP contribution in [0.25, 0.3) is 39.1 Å². The van der Waals surface area contributed by atoms with Crippen molar-refractivity contribution in [2.45, 2.75) is 6.92 Å². The van der Waals surface area contributed by atoms with Crippen molar-refractivity contribution in [3.63, 3.8) is 0 Å². The van der Waals surface area contributed by atoms with Crippen LogP contribution in [0, 0.1) is 11.6 Å². The highest BCUT2D eigenvalue weighted by molar-refractivity contribution is 6.31. The fraction of sp³-hybridized carbons (Fsp3) is 0.0741. The van der Waals surface area contributed by atoms with Crippen molar-refractivity contribution in [1.29, 1.82) is 0 Å². The number of carbonyl (C=O) groups excluding carboxylic acids is 1. The summed E-state index contributed by atoms with van der Waals surface area (Å²) < 4.78 is 32.5. The number of benzene rings is 3. The minimum Gasteiger partial charge on any atom is -0.494 e. The number of aromatic nitrogens is 3. The fourth-order valence-electron chi connectivity index (χ4n) is 4.03. The maximum Gasteiger partial charge on any atom is 0.260 e. The van der Waals surface area contributed by atoms with E-state index in [0.717, 1.165) is 12.1 Å². The Labute approximate surface area is 208 Å². The number of halogens is 3. The molecule has 0 aliphatic carbocycles. The summed E-state index contributed by atoms with van der Waals surface area (Å²) in [4.78, 5) is 36.1. The highest BCUT2D eigenvalue weighted by atomic mass is 35.5. The van der Waals surface area contributed by atoms with Crippen LogP contribution in [0.2, 0.25) is 5.02 Å². The number of nitrogens with zero attached hydrogens (tertiary/aromatic N) is 1. The highest BCUT2D eigenvalue weighted by Crippen LogP contribution is 2.33. The maximum absolute atomic E-state index is 13.5. The number of H-pyrrole nitrogens is 2. The Kier molecular flexibility index (Phi) is 6.12. The van der Waals surface area contributed by atoms with Gasteiger partial charge in [-0.2, -0.15) is 0 Å². The summed E-state index contributed by atoms with van der Waals surface area (Å²) in [6, 6.07) is 14.0. The Morgan fingerprint density at radius 3 is 2.53 bits per heavy atom. The zero-order valence-electron chi connectivity index (χ0n) is 18.9. The summed E-state index contributed by atoms with van der Waals surface area (Å²) >= 11 is 6.24. The van der Waals surface area contributed by atoms with Crippen LogP contribution in [-0.2, 0) is 0 Å². The number of carbonyl (C=O) groups is 1. The quantitative estimate of drug-likeness (QED) is 0.209. The summed E-state index contributed by atoms with van der Waals surface area (Å²) in [5.74, 6) is -1.77. The van der Waals surface area contributed by atoms with E-state index < -0.39 is 23.0 Å². The maximum atomic E-state index is 13.5. The second-order valence-corrected chi connectivity index (χ2v) is 8.39.